The normalized spacial score (nSPS) is 20.1. The molecule has 0 aliphatic carbocycles. The van der Waals surface area contributed by atoms with Crippen LogP contribution in [0.2, 0.25) is 0 Å². The van der Waals surface area contributed by atoms with Crippen LogP contribution in [0.4, 0.5) is 0 Å². The van der Waals surface area contributed by atoms with Crippen LogP contribution >= 0.6 is 0 Å². The second kappa shape index (κ2) is 4.85. The molecular formula is C13H17N3O. The lowest BCUT2D eigenvalue weighted by molar-refractivity contribution is 0.535. The third-order valence-electron chi connectivity index (χ3n) is 3.28. The minimum Gasteiger partial charge on any atom is -0.443 e. The lowest BCUT2D eigenvalue weighted by Crippen LogP contribution is -2.33. The molecule has 0 spiro atoms. The fourth-order valence-corrected chi connectivity index (χ4v) is 2.33. The Morgan fingerprint density at radius 1 is 1.47 bits per heavy atom. The summed E-state index contributed by atoms with van der Waals surface area (Å²) in [4.78, 5) is 4.11. The zero-order valence-corrected chi connectivity index (χ0v) is 9.78. The third-order valence-corrected chi connectivity index (χ3v) is 3.28. The fraction of sp³-hybridized carbons (Fsp3) is 0.462. The topological polar surface area (TPSA) is 50.1 Å². The molecule has 4 heteroatoms. The SMILES string of the molecule is c1nc2ccc(CNCC3CCCN3)cc2o1. The predicted octanol–water partition coefficient (Wildman–Crippen LogP) is 1.67. The van der Waals surface area contributed by atoms with Crippen LogP contribution in [0.5, 0.6) is 0 Å². The Hall–Kier alpha value is -1.39. The summed E-state index contributed by atoms with van der Waals surface area (Å²) in [6.45, 7) is 3.08. The van der Waals surface area contributed by atoms with E-state index in [0.29, 0.717) is 6.04 Å². The Bertz CT molecular complexity index is 488. The summed E-state index contributed by atoms with van der Waals surface area (Å²) in [5.74, 6) is 0. The second-order valence-electron chi connectivity index (χ2n) is 4.58. The monoisotopic (exact) mass is 231 g/mol. The van der Waals surface area contributed by atoms with E-state index in [-0.39, 0.29) is 0 Å². The van der Waals surface area contributed by atoms with Crippen LogP contribution in [-0.2, 0) is 6.54 Å². The molecule has 1 aliphatic heterocycles. The highest BCUT2D eigenvalue weighted by Crippen LogP contribution is 2.14. The number of fused-ring (bicyclic) bond motifs is 1. The van der Waals surface area contributed by atoms with Crippen LogP contribution in [0.3, 0.4) is 0 Å². The first-order valence-corrected chi connectivity index (χ1v) is 6.18. The minimum absolute atomic E-state index is 0.643. The van der Waals surface area contributed by atoms with Gasteiger partial charge in [0.05, 0.1) is 0 Å². The highest BCUT2D eigenvalue weighted by atomic mass is 16.3. The van der Waals surface area contributed by atoms with E-state index < -0.39 is 0 Å². The molecule has 0 bridgehead atoms. The first kappa shape index (κ1) is 10.7. The summed E-state index contributed by atoms with van der Waals surface area (Å²) < 4.78 is 5.29. The van der Waals surface area contributed by atoms with E-state index in [1.807, 2.05) is 6.07 Å². The molecule has 2 N–H and O–H groups in total. The van der Waals surface area contributed by atoms with Crippen LogP contribution in [0.15, 0.2) is 29.0 Å². The van der Waals surface area contributed by atoms with Crippen molar-refractivity contribution in [3.8, 4) is 0 Å². The van der Waals surface area contributed by atoms with E-state index >= 15 is 0 Å². The predicted molar refractivity (Wildman–Crippen MR) is 66.7 cm³/mol. The minimum atomic E-state index is 0.643. The van der Waals surface area contributed by atoms with Gasteiger partial charge in [-0.3, -0.25) is 0 Å². The quantitative estimate of drug-likeness (QED) is 0.840. The number of aromatic nitrogens is 1. The zero-order valence-electron chi connectivity index (χ0n) is 9.78. The van der Waals surface area contributed by atoms with Crippen molar-refractivity contribution < 1.29 is 4.42 Å². The Kier molecular flexibility index (Phi) is 3.07. The maximum absolute atomic E-state index is 5.29. The van der Waals surface area contributed by atoms with Crippen molar-refractivity contribution in [2.24, 2.45) is 0 Å². The molecule has 17 heavy (non-hydrogen) atoms. The van der Waals surface area contributed by atoms with E-state index in [0.717, 1.165) is 30.7 Å². The maximum Gasteiger partial charge on any atom is 0.181 e. The molecule has 1 fully saturated rings. The van der Waals surface area contributed by atoms with E-state index in [9.17, 15) is 0 Å². The number of nitrogens with zero attached hydrogens (tertiary/aromatic N) is 1. The molecule has 0 radical (unpaired) electrons. The van der Waals surface area contributed by atoms with E-state index in [1.165, 1.54) is 24.8 Å². The van der Waals surface area contributed by atoms with Gasteiger partial charge in [-0.25, -0.2) is 4.98 Å². The van der Waals surface area contributed by atoms with Crippen molar-refractivity contribution in [1.29, 1.82) is 0 Å². The van der Waals surface area contributed by atoms with Crippen LogP contribution in [0, 0.1) is 0 Å². The molecule has 0 saturated carbocycles. The summed E-state index contributed by atoms with van der Waals surface area (Å²) in [6.07, 6.45) is 4.08. The Morgan fingerprint density at radius 3 is 3.35 bits per heavy atom. The average Bonchev–Trinajstić information content (AvgIpc) is 2.98. The highest BCUT2D eigenvalue weighted by Gasteiger charge is 2.12. The van der Waals surface area contributed by atoms with Gasteiger partial charge in [0.15, 0.2) is 12.0 Å². The molecule has 1 aliphatic rings. The molecular weight excluding hydrogens is 214 g/mol. The van der Waals surface area contributed by atoms with Crippen molar-refractivity contribution >= 4 is 11.1 Å². The van der Waals surface area contributed by atoms with Crippen LogP contribution < -0.4 is 10.6 Å². The summed E-state index contributed by atoms with van der Waals surface area (Å²) in [5, 5.41) is 6.95. The van der Waals surface area contributed by atoms with E-state index in [2.05, 4.69) is 27.8 Å². The lowest BCUT2D eigenvalue weighted by Gasteiger charge is -2.11. The summed E-state index contributed by atoms with van der Waals surface area (Å²) in [7, 11) is 0. The van der Waals surface area contributed by atoms with Gasteiger partial charge in [0, 0.05) is 19.1 Å². The lowest BCUT2D eigenvalue weighted by atomic mass is 10.2. The maximum atomic E-state index is 5.29. The summed E-state index contributed by atoms with van der Waals surface area (Å²) >= 11 is 0. The van der Waals surface area contributed by atoms with Crippen LogP contribution in [0.1, 0.15) is 18.4 Å². The number of benzene rings is 1. The number of rotatable bonds is 4. The number of hydrogen-bond acceptors (Lipinski definition) is 4. The number of hydrogen-bond donors (Lipinski definition) is 2. The molecule has 0 amide bonds. The van der Waals surface area contributed by atoms with E-state index in [4.69, 9.17) is 4.42 Å². The summed E-state index contributed by atoms with van der Waals surface area (Å²) in [5.41, 5.74) is 3.03. The van der Waals surface area contributed by atoms with Gasteiger partial charge in [-0.1, -0.05) is 6.07 Å². The first-order valence-electron chi connectivity index (χ1n) is 6.18. The average molecular weight is 231 g/mol. The molecule has 4 nitrogen and oxygen atoms in total. The van der Waals surface area contributed by atoms with Gasteiger partial charge < -0.3 is 15.1 Å². The second-order valence-corrected chi connectivity index (χ2v) is 4.58. The van der Waals surface area contributed by atoms with Crippen molar-refractivity contribution in [3.05, 3.63) is 30.2 Å². The Morgan fingerprint density at radius 2 is 2.47 bits per heavy atom. The van der Waals surface area contributed by atoms with Gasteiger partial charge in [0.25, 0.3) is 0 Å². The molecule has 1 atom stereocenters. The van der Waals surface area contributed by atoms with Crippen molar-refractivity contribution in [1.82, 2.24) is 15.6 Å². The molecule has 1 unspecified atom stereocenters. The zero-order chi connectivity index (χ0) is 11.5. The fourth-order valence-electron chi connectivity index (χ4n) is 2.33. The van der Waals surface area contributed by atoms with Gasteiger partial charge in [-0.05, 0) is 37.1 Å². The third kappa shape index (κ3) is 2.48. The van der Waals surface area contributed by atoms with Crippen LogP contribution in [0.25, 0.3) is 11.1 Å². The van der Waals surface area contributed by atoms with Gasteiger partial charge in [-0.2, -0.15) is 0 Å². The largest absolute Gasteiger partial charge is 0.443 e. The van der Waals surface area contributed by atoms with Crippen molar-refractivity contribution in [2.45, 2.75) is 25.4 Å². The Balaban J connectivity index is 1.56. The Labute approximate surface area is 100 Å². The van der Waals surface area contributed by atoms with Crippen molar-refractivity contribution in [3.63, 3.8) is 0 Å². The standard InChI is InChI=1S/C13H17N3O/c1-2-11(15-5-1)8-14-7-10-3-4-12-13(6-10)17-9-16-12/h3-4,6,9,11,14-15H,1-2,5,7-8H2. The number of nitrogens with one attached hydrogen (secondary N) is 2. The highest BCUT2D eigenvalue weighted by molar-refractivity contribution is 5.72. The smallest absolute Gasteiger partial charge is 0.181 e. The van der Waals surface area contributed by atoms with Crippen LogP contribution in [-0.4, -0.2) is 24.1 Å². The first-order chi connectivity index (χ1) is 8.42. The van der Waals surface area contributed by atoms with Gasteiger partial charge >= 0.3 is 0 Å². The van der Waals surface area contributed by atoms with Gasteiger partial charge in [0.2, 0.25) is 0 Å². The molecule has 1 aromatic heterocycles. The summed E-state index contributed by atoms with van der Waals surface area (Å²) in [6, 6.07) is 6.80. The number of oxazole rings is 1. The molecule has 3 rings (SSSR count). The molecule has 1 aromatic carbocycles. The van der Waals surface area contributed by atoms with Gasteiger partial charge in [0.1, 0.15) is 5.52 Å². The van der Waals surface area contributed by atoms with E-state index in [1.54, 1.807) is 0 Å². The molecule has 2 aromatic rings. The molecule has 90 valence electrons. The van der Waals surface area contributed by atoms with Gasteiger partial charge in [-0.15, -0.1) is 0 Å². The van der Waals surface area contributed by atoms with Crippen molar-refractivity contribution in [2.75, 3.05) is 13.1 Å². The molecule has 2 heterocycles. The molecule has 1 saturated heterocycles.